The van der Waals surface area contributed by atoms with Gasteiger partial charge in [-0.2, -0.15) is 0 Å². The maximum absolute atomic E-state index is 11.4. The zero-order valence-electron chi connectivity index (χ0n) is 10.1. The van der Waals surface area contributed by atoms with Crippen LogP contribution >= 0.6 is 0 Å². The Bertz CT molecular complexity index is 327. The van der Waals surface area contributed by atoms with Gasteiger partial charge in [0.25, 0.3) is 0 Å². The van der Waals surface area contributed by atoms with Crippen molar-refractivity contribution < 1.29 is 9.00 Å². The van der Waals surface area contributed by atoms with Crippen molar-refractivity contribution in [2.75, 3.05) is 24.6 Å². The lowest BCUT2D eigenvalue weighted by Gasteiger charge is -2.42. The van der Waals surface area contributed by atoms with E-state index in [9.17, 15) is 9.00 Å². The molecule has 0 aromatic rings. The van der Waals surface area contributed by atoms with Gasteiger partial charge >= 0.3 is 0 Å². The van der Waals surface area contributed by atoms with Crippen LogP contribution in [0.1, 0.15) is 25.7 Å². The Morgan fingerprint density at radius 1 is 1.35 bits per heavy atom. The first-order chi connectivity index (χ1) is 8.01. The van der Waals surface area contributed by atoms with Gasteiger partial charge in [0.15, 0.2) is 0 Å². The molecule has 17 heavy (non-hydrogen) atoms. The number of nitrogens with two attached hydrogens (primary N) is 2. The van der Waals surface area contributed by atoms with Gasteiger partial charge in [-0.05, 0) is 25.7 Å². The summed E-state index contributed by atoms with van der Waals surface area (Å²) in [5, 5.41) is 0. The second-order valence-corrected chi connectivity index (χ2v) is 6.85. The lowest BCUT2D eigenvalue weighted by Crippen LogP contribution is -2.59. The van der Waals surface area contributed by atoms with Crippen LogP contribution in [0.2, 0.25) is 0 Å². The number of carbonyl (C=O) groups is 1. The maximum atomic E-state index is 11.4. The van der Waals surface area contributed by atoms with Crippen LogP contribution in [-0.4, -0.2) is 51.2 Å². The third-order valence-corrected chi connectivity index (χ3v) is 5.26. The summed E-state index contributed by atoms with van der Waals surface area (Å²) in [7, 11) is -0.658. The van der Waals surface area contributed by atoms with Crippen LogP contribution in [0, 0.1) is 0 Å². The van der Waals surface area contributed by atoms with Crippen LogP contribution in [0.25, 0.3) is 0 Å². The molecule has 2 aliphatic rings. The summed E-state index contributed by atoms with van der Waals surface area (Å²) >= 11 is 0. The zero-order chi connectivity index (χ0) is 12.5. The van der Waals surface area contributed by atoms with Gasteiger partial charge in [0.05, 0.1) is 5.54 Å². The van der Waals surface area contributed by atoms with Crippen molar-refractivity contribution in [1.29, 1.82) is 0 Å². The first kappa shape index (κ1) is 13.0. The van der Waals surface area contributed by atoms with E-state index in [1.807, 2.05) is 0 Å². The molecule has 5 nitrogen and oxygen atoms in total. The van der Waals surface area contributed by atoms with Crippen molar-refractivity contribution in [3.8, 4) is 0 Å². The van der Waals surface area contributed by atoms with Crippen molar-refractivity contribution >= 4 is 16.7 Å². The number of hydrogen-bond acceptors (Lipinski definition) is 4. The Kier molecular flexibility index (Phi) is 3.85. The molecular weight excluding hydrogens is 238 g/mol. The second-order valence-electron chi connectivity index (χ2n) is 5.15. The molecule has 1 aliphatic carbocycles. The van der Waals surface area contributed by atoms with E-state index in [-0.39, 0.29) is 5.91 Å². The summed E-state index contributed by atoms with van der Waals surface area (Å²) in [6.45, 7) is 1.71. The standard InChI is InChI=1S/C11H21N3O2S/c12-10(15)11(13)3-1-2-9(8-11)14-4-6-17(16)7-5-14/h9H,1-8,13H2,(H2,12,15). The van der Waals surface area contributed by atoms with Crippen molar-refractivity contribution in [1.82, 2.24) is 4.90 Å². The number of rotatable bonds is 2. The number of carbonyl (C=O) groups excluding carboxylic acids is 1. The van der Waals surface area contributed by atoms with E-state index < -0.39 is 16.3 Å². The minimum atomic E-state index is -0.834. The third kappa shape index (κ3) is 2.86. The van der Waals surface area contributed by atoms with E-state index in [0.717, 1.165) is 37.4 Å². The molecule has 6 heteroatoms. The fourth-order valence-electron chi connectivity index (χ4n) is 2.83. The normalized spacial score (nSPS) is 36.9. The Labute approximate surface area is 104 Å². The van der Waals surface area contributed by atoms with Gasteiger partial charge in [0, 0.05) is 41.4 Å². The van der Waals surface area contributed by atoms with Crippen LogP contribution < -0.4 is 11.5 Å². The quantitative estimate of drug-likeness (QED) is 0.678. The highest BCUT2D eigenvalue weighted by atomic mass is 32.2. The molecule has 0 spiro atoms. The van der Waals surface area contributed by atoms with Crippen molar-refractivity contribution in [3.63, 3.8) is 0 Å². The molecular formula is C11H21N3O2S. The molecule has 1 saturated carbocycles. The number of primary amides is 1. The van der Waals surface area contributed by atoms with E-state index >= 15 is 0 Å². The molecule has 0 aromatic heterocycles. The van der Waals surface area contributed by atoms with Crippen LogP contribution in [0.5, 0.6) is 0 Å². The number of hydrogen-bond donors (Lipinski definition) is 2. The van der Waals surface area contributed by atoms with E-state index in [1.165, 1.54) is 0 Å². The summed E-state index contributed by atoms with van der Waals surface area (Å²) in [6.07, 6.45) is 3.36. The van der Waals surface area contributed by atoms with Crippen LogP contribution in [0.15, 0.2) is 0 Å². The fourth-order valence-corrected chi connectivity index (χ4v) is 3.91. The highest BCUT2D eigenvalue weighted by Gasteiger charge is 2.40. The van der Waals surface area contributed by atoms with E-state index in [1.54, 1.807) is 0 Å². The monoisotopic (exact) mass is 259 g/mol. The molecule has 0 bridgehead atoms. The zero-order valence-corrected chi connectivity index (χ0v) is 10.9. The predicted molar refractivity (Wildman–Crippen MR) is 67.8 cm³/mol. The lowest BCUT2D eigenvalue weighted by atomic mass is 9.78. The van der Waals surface area contributed by atoms with Gasteiger partial charge in [-0.15, -0.1) is 0 Å². The Morgan fingerprint density at radius 3 is 2.59 bits per heavy atom. The van der Waals surface area contributed by atoms with E-state index in [4.69, 9.17) is 11.5 Å². The number of amides is 1. The third-order valence-electron chi connectivity index (χ3n) is 3.98. The van der Waals surface area contributed by atoms with Crippen LogP contribution in [-0.2, 0) is 15.6 Å². The summed E-state index contributed by atoms with van der Waals surface area (Å²) in [4.78, 5) is 13.7. The predicted octanol–water partition coefficient (Wildman–Crippen LogP) is -0.824. The lowest BCUT2D eigenvalue weighted by molar-refractivity contribution is -0.125. The van der Waals surface area contributed by atoms with Gasteiger partial charge in [-0.3, -0.25) is 13.9 Å². The van der Waals surface area contributed by atoms with Crippen molar-refractivity contribution in [2.24, 2.45) is 11.5 Å². The summed E-state index contributed by atoms with van der Waals surface area (Å²) in [6, 6.07) is 0.332. The average molecular weight is 259 g/mol. The first-order valence-corrected chi connectivity index (χ1v) is 7.68. The SMILES string of the molecule is NC(=O)C1(N)CCCC(N2CCS(=O)CC2)C1. The highest BCUT2D eigenvalue weighted by molar-refractivity contribution is 7.85. The molecule has 0 radical (unpaired) electrons. The number of nitrogens with zero attached hydrogens (tertiary/aromatic N) is 1. The molecule has 2 atom stereocenters. The minimum Gasteiger partial charge on any atom is -0.368 e. The molecule has 0 aromatic carbocycles. The summed E-state index contributed by atoms with van der Waals surface area (Å²) in [5.41, 5.74) is 10.6. The second kappa shape index (κ2) is 5.04. The molecule has 2 unspecified atom stereocenters. The van der Waals surface area contributed by atoms with Gasteiger partial charge in [-0.25, -0.2) is 0 Å². The Hall–Kier alpha value is -0.460. The minimum absolute atomic E-state index is 0.332. The van der Waals surface area contributed by atoms with Gasteiger partial charge in [0.1, 0.15) is 0 Å². The van der Waals surface area contributed by atoms with Crippen molar-refractivity contribution in [3.05, 3.63) is 0 Å². The highest BCUT2D eigenvalue weighted by Crippen LogP contribution is 2.29. The fraction of sp³-hybridized carbons (Fsp3) is 0.909. The van der Waals surface area contributed by atoms with Crippen LogP contribution in [0.4, 0.5) is 0 Å². The average Bonchev–Trinajstić information content (AvgIpc) is 2.30. The molecule has 2 rings (SSSR count). The molecule has 4 N–H and O–H groups in total. The van der Waals surface area contributed by atoms with E-state index in [2.05, 4.69) is 4.90 Å². The topological polar surface area (TPSA) is 89.4 Å². The van der Waals surface area contributed by atoms with E-state index in [0.29, 0.717) is 18.9 Å². The smallest absolute Gasteiger partial charge is 0.237 e. The first-order valence-electron chi connectivity index (χ1n) is 6.19. The molecule has 1 amide bonds. The maximum Gasteiger partial charge on any atom is 0.237 e. The van der Waals surface area contributed by atoms with Gasteiger partial charge in [0.2, 0.25) is 5.91 Å². The molecule has 98 valence electrons. The molecule has 1 heterocycles. The van der Waals surface area contributed by atoms with Gasteiger partial charge < -0.3 is 11.5 Å². The Morgan fingerprint density at radius 2 is 2.00 bits per heavy atom. The summed E-state index contributed by atoms with van der Waals surface area (Å²) in [5.74, 6) is 1.10. The van der Waals surface area contributed by atoms with Crippen LogP contribution in [0.3, 0.4) is 0 Å². The summed E-state index contributed by atoms with van der Waals surface area (Å²) < 4.78 is 11.3. The molecule has 1 aliphatic heterocycles. The molecule has 1 saturated heterocycles. The Balaban J connectivity index is 1.97. The molecule has 2 fully saturated rings. The van der Waals surface area contributed by atoms with Crippen molar-refractivity contribution in [2.45, 2.75) is 37.3 Å². The van der Waals surface area contributed by atoms with Gasteiger partial charge in [-0.1, -0.05) is 0 Å². The largest absolute Gasteiger partial charge is 0.368 e.